The molecule has 0 saturated carbocycles. The molecule has 0 amide bonds. The van der Waals surface area contributed by atoms with Crippen LogP contribution in [0.15, 0.2) is 42.5 Å². The summed E-state index contributed by atoms with van der Waals surface area (Å²) >= 11 is 0. The molecule has 1 fully saturated rings. The highest BCUT2D eigenvalue weighted by molar-refractivity contribution is 5.49. The van der Waals surface area contributed by atoms with Crippen molar-refractivity contribution in [2.45, 2.75) is 45.2 Å². The maximum atomic E-state index is 5.46. The van der Waals surface area contributed by atoms with Crippen molar-refractivity contribution in [3.8, 4) is 17.2 Å². The summed E-state index contributed by atoms with van der Waals surface area (Å²) in [7, 11) is 5.01. The number of nitrogens with zero attached hydrogens (tertiary/aromatic N) is 6. The topological polar surface area (TPSA) is 77.8 Å². The van der Waals surface area contributed by atoms with Crippen molar-refractivity contribution in [3.05, 3.63) is 53.9 Å². The summed E-state index contributed by atoms with van der Waals surface area (Å²) in [5.41, 5.74) is 2.40. The minimum Gasteiger partial charge on any atom is -0.497 e. The first-order valence-corrected chi connectivity index (χ1v) is 12.8. The average Bonchev–Trinajstić information content (AvgIpc) is 3.40. The van der Waals surface area contributed by atoms with Gasteiger partial charge in [0.1, 0.15) is 5.75 Å². The fourth-order valence-electron chi connectivity index (χ4n) is 4.84. The van der Waals surface area contributed by atoms with E-state index in [4.69, 9.17) is 14.2 Å². The third-order valence-corrected chi connectivity index (χ3v) is 6.94. The molecule has 2 heterocycles. The quantitative estimate of drug-likeness (QED) is 0.374. The number of benzene rings is 2. The van der Waals surface area contributed by atoms with Crippen LogP contribution in [0.5, 0.6) is 17.2 Å². The van der Waals surface area contributed by atoms with Crippen molar-refractivity contribution < 1.29 is 14.2 Å². The molecule has 0 aliphatic carbocycles. The van der Waals surface area contributed by atoms with Gasteiger partial charge in [-0.1, -0.05) is 25.8 Å². The van der Waals surface area contributed by atoms with Gasteiger partial charge in [0.05, 0.1) is 27.4 Å². The van der Waals surface area contributed by atoms with Gasteiger partial charge in [-0.05, 0) is 65.2 Å². The fraction of sp³-hybridized carbons (Fsp3) is 0.519. The van der Waals surface area contributed by atoms with Crippen molar-refractivity contribution >= 4 is 5.69 Å². The lowest BCUT2D eigenvalue weighted by atomic mass is 10.1. The Morgan fingerprint density at radius 2 is 1.64 bits per heavy atom. The largest absolute Gasteiger partial charge is 0.497 e. The Morgan fingerprint density at radius 1 is 0.889 bits per heavy atom. The van der Waals surface area contributed by atoms with E-state index in [-0.39, 0.29) is 6.04 Å². The van der Waals surface area contributed by atoms with Gasteiger partial charge in [0.2, 0.25) is 0 Å². The molecule has 1 aliphatic rings. The Bertz CT molecular complexity index is 1080. The van der Waals surface area contributed by atoms with Gasteiger partial charge in [0.15, 0.2) is 17.3 Å². The molecule has 0 spiro atoms. The van der Waals surface area contributed by atoms with E-state index >= 15 is 0 Å². The van der Waals surface area contributed by atoms with Gasteiger partial charge in [-0.25, -0.2) is 4.68 Å². The monoisotopic (exact) mass is 494 g/mol. The Balaban J connectivity index is 1.43. The number of piperazine rings is 1. The molecule has 0 unspecified atom stereocenters. The van der Waals surface area contributed by atoms with Crippen LogP contribution in [0.25, 0.3) is 0 Å². The third kappa shape index (κ3) is 6.07. The van der Waals surface area contributed by atoms with Crippen LogP contribution in [0.1, 0.15) is 43.6 Å². The molecule has 2 aromatic carbocycles. The third-order valence-electron chi connectivity index (χ3n) is 6.94. The molecule has 1 aliphatic heterocycles. The van der Waals surface area contributed by atoms with Gasteiger partial charge in [0, 0.05) is 38.4 Å². The number of hydrogen-bond acceptors (Lipinski definition) is 8. The zero-order valence-electron chi connectivity index (χ0n) is 21.9. The summed E-state index contributed by atoms with van der Waals surface area (Å²) in [5.74, 6) is 3.32. The number of rotatable bonds is 12. The van der Waals surface area contributed by atoms with E-state index in [0.717, 1.165) is 80.5 Å². The van der Waals surface area contributed by atoms with E-state index in [9.17, 15) is 0 Å². The molecule has 0 bridgehead atoms. The lowest BCUT2D eigenvalue weighted by molar-refractivity contribution is 0.162. The summed E-state index contributed by atoms with van der Waals surface area (Å²) in [6.45, 7) is 6.85. The van der Waals surface area contributed by atoms with Crippen molar-refractivity contribution in [2.75, 3.05) is 52.4 Å². The highest BCUT2D eigenvalue weighted by Gasteiger charge is 2.29. The Kier molecular flexibility index (Phi) is 9.00. The van der Waals surface area contributed by atoms with Crippen LogP contribution in [0, 0.1) is 0 Å². The fourth-order valence-corrected chi connectivity index (χ4v) is 4.84. The number of aryl methyl sites for hydroxylation is 2. The Labute approximate surface area is 213 Å². The minimum atomic E-state index is 0.211. The number of tetrazole rings is 1. The second-order valence-electron chi connectivity index (χ2n) is 9.08. The standard InChI is InChI=1S/C27H38N6O3/c1-5-6-7-24(32-18-16-31(17-19-32)22-9-11-23(34-2)12-10-22)27-28-29-30-33(27)15-14-21-8-13-25(35-3)26(20-21)36-4/h8-13,20,24H,5-7,14-19H2,1-4H3/t24-/m1/s1. The predicted octanol–water partition coefficient (Wildman–Crippen LogP) is 4.00. The van der Waals surface area contributed by atoms with Gasteiger partial charge >= 0.3 is 0 Å². The molecule has 1 atom stereocenters. The second kappa shape index (κ2) is 12.6. The van der Waals surface area contributed by atoms with Crippen molar-refractivity contribution in [2.24, 2.45) is 0 Å². The first-order chi connectivity index (χ1) is 17.7. The molecule has 194 valence electrons. The van der Waals surface area contributed by atoms with Gasteiger partial charge in [-0.15, -0.1) is 5.10 Å². The normalized spacial score (nSPS) is 15.1. The summed E-state index contributed by atoms with van der Waals surface area (Å²) in [6.07, 6.45) is 4.15. The van der Waals surface area contributed by atoms with E-state index < -0.39 is 0 Å². The van der Waals surface area contributed by atoms with E-state index in [0.29, 0.717) is 6.54 Å². The molecule has 0 radical (unpaired) electrons. The van der Waals surface area contributed by atoms with Crippen LogP contribution >= 0.6 is 0 Å². The second-order valence-corrected chi connectivity index (χ2v) is 9.08. The van der Waals surface area contributed by atoms with Gasteiger partial charge < -0.3 is 19.1 Å². The molecule has 1 saturated heterocycles. The number of unbranched alkanes of at least 4 members (excludes halogenated alkanes) is 1. The maximum absolute atomic E-state index is 5.46. The molecule has 1 aromatic heterocycles. The highest BCUT2D eigenvalue weighted by atomic mass is 16.5. The minimum absolute atomic E-state index is 0.211. The molecule has 9 nitrogen and oxygen atoms in total. The van der Waals surface area contributed by atoms with Crippen molar-refractivity contribution in [1.82, 2.24) is 25.1 Å². The Morgan fingerprint density at radius 3 is 2.31 bits per heavy atom. The molecule has 36 heavy (non-hydrogen) atoms. The summed E-state index contributed by atoms with van der Waals surface area (Å²) < 4.78 is 18.1. The molecule has 4 rings (SSSR count). The van der Waals surface area contributed by atoms with Gasteiger partial charge in [0.25, 0.3) is 0 Å². The molecule has 0 N–H and O–H groups in total. The SMILES string of the molecule is CCCC[C@H](c1nnnn1CCc1ccc(OC)c(OC)c1)N1CCN(c2ccc(OC)cc2)CC1. The smallest absolute Gasteiger partial charge is 0.168 e. The number of ether oxygens (including phenoxy) is 3. The Hall–Kier alpha value is -3.33. The zero-order chi connectivity index (χ0) is 25.3. The number of methoxy groups -OCH3 is 3. The zero-order valence-corrected chi connectivity index (χ0v) is 21.9. The summed E-state index contributed by atoms with van der Waals surface area (Å²) in [6, 6.07) is 14.6. The predicted molar refractivity (Wildman–Crippen MR) is 140 cm³/mol. The lowest BCUT2D eigenvalue weighted by Crippen LogP contribution is -2.48. The van der Waals surface area contributed by atoms with Crippen molar-refractivity contribution in [3.63, 3.8) is 0 Å². The van der Waals surface area contributed by atoms with Gasteiger partial charge in [-0.2, -0.15) is 0 Å². The van der Waals surface area contributed by atoms with Gasteiger partial charge in [-0.3, -0.25) is 4.90 Å². The van der Waals surface area contributed by atoms with E-state index in [1.54, 1.807) is 21.3 Å². The van der Waals surface area contributed by atoms with Crippen LogP contribution < -0.4 is 19.1 Å². The summed E-state index contributed by atoms with van der Waals surface area (Å²) in [4.78, 5) is 4.99. The van der Waals surface area contributed by atoms with Crippen LogP contribution in [-0.2, 0) is 13.0 Å². The van der Waals surface area contributed by atoms with Crippen LogP contribution in [-0.4, -0.2) is 72.6 Å². The van der Waals surface area contributed by atoms with Crippen molar-refractivity contribution in [1.29, 1.82) is 0 Å². The van der Waals surface area contributed by atoms with E-state index in [2.05, 4.69) is 50.4 Å². The number of aromatic nitrogens is 4. The first-order valence-electron chi connectivity index (χ1n) is 12.8. The molecular weight excluding hydrogens is 456 g/mol. The highest BCUT2D eigenvalue weighted by Crippen LogP contribution is 2.30. The summed E-state index contributed by atoms with van der Waals surface area (Å²) in [5, 5.41) is 12.9. The molecule has 3 aromatic rings. The number of anilines is 1. The maximum Gasteiger partial charge on any atom is 0.168 e. The first kappa shape index (κ1) is 25.8. The average molecular weight is 495 g/mol. The number of hydrogen-bond donors (Lipinski definition) is 0. The lowest BCUT2D eigenvalue weighted by Gasteiger charge is -2.39. The van der Waals surface area contributed by atoms with E-state index in [1.807, 2.05) is 28.9 Å². The van der Waals surface area contributed by atoms with Crippen LogP contribution in [0.3, 0.4) is 0 Å². The molecule has 9 heteroatoms. The molecular formula is C27H38N6O3. The van der Waals surface area contributed by atoms with E-state index in [1.165, 1.54) is 5.69 Å². The van der Waals surface area contributed by atoms with Crippen LogP contribution in [0.2, 0.25) is 0 Å². The van der Waals surface area contributed by atoms with Crippen LogP contribution in [0.4, 0.5) is 5.69 Å².